The average Bonchev–Trinajstić information content (AvgIpc) is 3.94. The van der Waals surface area contributed by atoms with Gasteiger partial charge in [-0.25, -0.2) is 0 Å². The van der Waals surface area contributed by atoms with Crippen molar-refractivity contribution in [2.75, 3.05) is 4.90 Å². The van der Waals surface area contributed by atoms with E-state index in [9.17, 15) is 0 Å². The summed E-state index contributed by atoms with van der Waals surface area (Å²) < 4.78 is 9.13. The van der Waals surface area contributed by atoms with E-state index < -0.39 is 0 Å². The number of hydrogen-bond donors (Lipinski definition) is 0. The molecule has 0 atom stereocenters. The van der Waals surface area contributed by atoms with Crippen molar-refractivity contribution >= 4 is 82.4 Å². The summed E-state index contributed by atoms with van der Waals surface area (Å²) in [5.41, 5.74) is 15.5. The van der Waals surface area contributed by atoms with Crippen LogP contribution in [0.2, 0.25) is 0 Å². The Balaban J connectivity index is 0.894. The van der Waals surface area contributed by atoms with E-state index in [-0.39, 0.29) is 0 Å². The van der Waals surface area contributed by atoms with Gasteiger partial charge in [0.1, 0.15) is 11.2 Å². The molecule has 0 fully saturated rings. The Bertz CT molecular complexity index is 3870. The zero-order valence-corrected chi connectivity index (χ0v) is 35.4. The lowest BCUT2D eigenvalue weighted by atomic mass is 9.98. The van der Waals surface area contributed by atoms with Crippen LogP contribution in [0.5, 0.6) is 0 Å². The minimum absolute atomic E-state index is 0.908. The Labute approximate surface area is 376 Å². The van der Waals surface area contributed by atoms with Gasteiger partial charge >= 0.3 is 0 Å². The highest BCUT2D eigenvalue weighted by Gasteiger charge is 2.18. The molecule has 2 heterocycles. The monoisotopic (exact) mass is 828 g/mol. The maximum absolute atomic E-state index is 6.74. The second-order valence-electron chi connectivity index (χ2n) is 16.9. The number of nitrogens with zero attached hydrogens (tertiary/aromatic N) is 2. The SMILES string of the molecule is c1cc(-c2ccc(N(c3ccc(-c4cccc5ccccc45)cc3)c3ccc(-c4cccc5c4oc4c6ccccc6ccc54)cc3)cc2)cc(-n2c3ccccc3c3ccccc32)c1. The number of aromatic nitrogens is 1. The molecule has 3 heteroatoms. The molecule has 0 N–H and O–H groups in total. The van der Waals surface area contributed by atoms with Crippen molar-refractivity contribution in [1.82, 2.24) is 4.57 Å². The van der Waals surface area contributed by atoms with E-state index in [0.717, 1.165) is 66.8 Å². The second-order valence-corrected chi connectivity index (χ2v) is 16.9. The summed E-state index contributed by atoms with van der Waals surface area (Å²) in [6.07, 6.45) is 0. The lowest BCUT2D eigenvalue weighted by molar-refractivity contribution is 0.674. The fourth-order valence-corrected chi connectivity index (χ4v) is 10.1. The van der Waals surface area contributed by atoms with E-state index in [1.54, 1.807) is 0 Å². The van der Waals surface area contributed by atoms with Crippen LogP contribution in [0.25, 0.3) is 104 Å². The van der Waals surface area contributed by atoms with Crippen molar-refractivity contribution in [2.24, 2.45) is 0 Å². The summed E-state index contributed by atoms with van der Waals surface area (Å²) in [6.45, 7) is 0. The molecule has 0 radical (unpaired) electrons. The summed E-state index contributed by atoms with van der Waals surface area (Å²) in [7, 11) is 0. The Hall–Kier alpha value is -8.66. The molecular formula is C62H40N2O. The lowest BCUT2D eigenvalue weighted by Gasteiger charge is -2.26. The topological polar surface area (TPSA) is 21.3 Å². The summed E-state index contributed by atoms with van der Waals surface area (Å²) in [5.74, 6) is 0. The normalized spacial score (nSPS) is 11.7. The molecule has 3 nitrogen and oxygen atoms in total. The van der Waals surface area contributed by atoms with Gasteiger partial charge in [-0.2, -0.15) is 0 Å². The van der Waals surface area contributed by atoms with E-state index >= 15 is 0 Å². The van der Waals surface area contributed by atoms with Gasteiger partial charge in [-0.1, -0.05) is 176 Å². The highest BCUT2D eigenvalue weighted by molar-refractivity contribution is 6.17. The Kier molecular flexibility index (Phi) is 8.53. The van der Waals surface area contributed by atoms with Crippen LogP contribution in [0.1, 0.15) is 0 Å². The van der Waals surface area contributed by atoms with Crippen molar-refractivity contribution in [2.45, 2.75) is 0 Å². The fraction of sp³-hybridized carbons (Fsp3) is 0. The van der Waals surface area contributed by atoms with Gasteiger partial charge in [-0.15, -0.1) is 0 Å². The van der Waals surface area contributed by atoms with Crippen LogP contribution in [0.15, 0.2) is 247 Å². The molecule has 0 amide bonds. The van der Waals surface area contributed by atoms with E-state index in [2.05, 4.69) is 252 Å². The van der Waals surface area contributed by atoms with Gasteiger partial charge in [0.15, 0.2) is 0 Å². The Morgan fingerprint density at radius 3 is 1.45 bits per heavy atom. The van der Waals surface area contributed by atoms with Crippen LogP contribution in [0.4, 0.5) is 17.1 Å². The van der Waals surface area contributed by atoms with Gasteiger partial charge in [0.05, 0.1) is 11.0 Å². The predicted octanol–water partition coefficient (Wildman–Crippen LogP) is 17.5. The van der Waals surface area contributed by atoms with Crippen LogP contribution in [0.3, 0.4) is 0 Å². The third-order valence-electron chi connectivity index (χ3n) is 13.2. The van der Waals surface area contributed by atoms with E-state index in [4.69, 9.17) is 4.42 Å². The standard InChI is InChI=1S/C62H40N2O/c1-3-17-51-42(12-1)14-10-21-52(51)44-28-35-48(36-29-44)63(49-37-30-45(31-38-49)54-22-11-23-57-58-39-32-43-13-2-4-18-53(43)62(58)65-61(54)57)47-33-26-41(27-34-47)46-15-9-16-50(40-46)64-59-24-7-5-19-55(59)56-20-6-8-25-60(56)64/h1-40H. The molecule has 65 heavy (non-hydrogen) atoms. The molecule has 0 saturated heterocycles. The molecule has 304 valence electrons. The van der Waals surface area contributed by atoms with Crippen LogP contribution in [-0.2, 0) is 0 Å². The van der Waals surface area contributed by atoms with Crippen molar-refractivity contribution < 1.29 is 4.42 Å². The molecule has 0 bridgehead atoms. The third kappa shape index (κ3) is 6.12. The van der Waals surface area contributed by atoms with Crippen molar-refractivity contribution in [3.8, 4) is 39.1 Å². The number of hydrogen-bond acceptors (Lipinski definition) is 2. The van der Waals surface area contributed by atoms with Gasteiger partial charge in [0.2, 0.25) is 0 Å². The molecule has 0 unspecified atom stereocenters. The third-order valence-corrected chi connectivity index (χ3v) is 13.2. The molecule has 0 saturated carbocycles. The Morgan fingerprint density at radius 2 is 0.769 bits per heavy atom. The summed E-state index contributed by atoms with van der Waals surface area (Å²) in [6, 6.07) is 87.6. The minimum atomic E-state index is 0.908. The summed E-state index contributed by atoms with van der Waals surface area (Å²) in [4.78, 5) is 2.35. The van der Waals surface area contributed by atoms with Gasteiger partial charge in [0.25, 0.3) is 0 Å². The van der Waals surface area contributed by atoms with Crippen molar-refractivity contribution in [1.29, 1.82) is 0 Å². The number of para-hydroxylation sites is 3. The fourth-order valence-electron chi connectivity index (χ4n) is 10.1. The summed E-state index contributed by atoms with van der Waals surface area (Å²) in [5, 5.41) is 9.58. The molecule has 13 rings (SSSR count). The molecule has 0 aliphatic rings. The first kappa shape index (κ1) is 36.9. The first-order valence-electron chi connectivity index (χ1n) is 22.2. The van der Waals surface area contributed by atoms with Gasteiger partial charge < -0.3 is 13.9 Å². The van der Waals surface area contributed by atoms with Crippen LogP contribution >= 0.6 is 0 Å². The van der Waals surface area contributed by atoms with Gasteiger partial charge in [0, 0.05) is 55.2 Å². The van der Waals surface area contributed by atoms with Crippen LogP contribution in [-0.4, -0.2) is 4.57 Å². The number of furan rings is 1. The maximum atomic E-state index is 6.74. The Morgan fingerprint density at radius 1 is 0.292 bits per heavy atom. The maximum Gasteiger partial charge on any atom is 0.143 e. The number of fused-ring (bicyclic) bond motifs is 9. The molecule has 0 aliphatic carbocycles. The number of benzene rings is 11. The molecule has 0 spiro atoms. The quantitative estimate of drug-likeness (QED) is 0.160. The number of anilines is 3. The van der Waals surface area contributed by atoms with Crippen molar-refractivity contribution in [3.63, 3.8) is 0 Å². The molecular weight excluding hydrogens is 789 g/mol. The largest absolute Gasteiger partial charge is 0.455 e. The first-order chi connectivity index (χ1) is 32.2. The van der Waals surface area contributed by atoms with Crippen LogP contribution in [0, 0.1) is 0 Å². The zero-order chi connectivity index (χ0) is 42.8. The summed E-state index contributed by atoms with van der Waals surface area (Å²) >= 11 is 0. The first-order valence-corrected chi connectivity index (χ1v) is 22.2. The molecule has 11 aromatic carbocycles. The highest BCUT2D eigenvalue weighted by Crippen LogP contribution is 2.42. The van der Waals surface area contributed by atoms with E-state index in [1.165, 1.54) is 54.7 Å². The lowest BCUT2D eigenvalue weighted by Crippen LogP contribution is -2.09. The number of rotatable bonds is 7. The highest BCUT2D eigenvalue weighted by atomic mass is 16.3. The smallest absolute Gasteiger partial charge is 0.143 e. The van der Waals surface area contributed by atoms with E-state index in [0.29, 0.717) is 0 Å². The van der Waals surface area contributed by atoms with Crippen molar-refractivity contribution in [3.05, 3.63) is 243 Å². The zero-order valence-electron chi connectivity index (χ0n) is 35.4. The van der Waals surface area contributed by atoms with E-state index in [1.807, 2.05) is 0 Å². The van der Waals surface area contributed by atoms with Crippen LogP contribution < -0.4 is 4.90 Å². The molecule has 0 aliphatic heterocycles. The predicted molar refractivity (Wildman–Crippen MR) is 274 cm³/mol. The second kappa shape index (κ2) is 15.0. The molecule has 13 aromatic rings. The average molecular weight is 829 g/mol. The molecule has 2 aromatic heterocycles. The minimum Gasteiger partial charge on any atom is -0.455 e. The van der Waals surface area contributed by atoms with Gasteiger partial charge in [-0.05, 0) is 111 Å². The van der Waals surface area contributed by atoms with Gasteiger partial charge in [-0.3, -0.25) is 0 Å².